The number of piperazine rings is 1. The molecule has 4 heterocycles. The summed E-state index contributed by atoms with van der Waals surface area (Å²) in [6.07, 6.45) is 7.90. The molecule has 39 heavy (non-hydrogen) atoms. The van der Waals surface area contributed by atoms with E-state index in [-0.39, 0.29) is 5.92 Å². The maximum Gasteiger partial charge on any atom is 0.156 e. The summed E-state index contributed by atoms with van der Waals surface area (Å²) in [5, 5.41) is 15.1. The Bertz CT molecular complexity index is 1500. The van der Waals surface area contributed by atoms with Gasteiger partial charge in [0.05, 0.1) is 29.6 Å². The predicted octanol–water partition coefficient (Wildman–Crippen LogP) is 4.70. The molecular weight excluding hydrogens is 500 g/mol. The first kappa shape index (κ1) is 25.8. The molecule has 1 atom stereocenters. The number of aliphatic hydroxyl groups is 1. The lowest BCUT2D eigenvalue weighted by atomic mass is 9.89. The molecule has 0 bridgehead atoms. The summed E-state index contributed by atoms with van der Waals surface area (Å²) in [4.78, 5) is 19.1. The summed E-state index contributed by atoms with van der Waals surface area (Å²) in [6.45, 7) is 8.70. The van der Waals surface area contributed by atoms with E-state index >= 15 is 0 Å². The molecule has 1 saturated heterocycles. The van der Waals surface area contributed by atoms with Crippen LogP contribution >= 0.6 is 0 Å². The molecule has 204 valence electrons. The highest BCUT2D eigenvalue weighted by atomic mass is 19.1. The summed E-state index contributed by atoms with van der Waals surface area (Å²) in [5.41, 5.74) is 3.41. The van der Waals surface area contributed by atoms with Crippen molar-refractivity contribution in [2.45, 2.75) is 57.7 Å². The van der Waals surface area contributed by atoms with E-state index in [4.69, 9.17) is 9.97 Å². The Balaban J connectivity index is 1.31. The van der Waals surface area contributed by atoms with Crippen LogP contribution in [0.5, 0.6) is 0 Å². The molecule has 1 unspecified atom stereocenters. The molecule has 1 N–H and O–H groups in total. The van der Waals surface area contributed by atoms with Crippen molar-refractivity contribution >= 4 is 16.9 Å². The zero-order chi connectivity index (χ0) is 27.3. The number of pyridine rings is 1. The lowest BCUT2D eigenvalue weighted by molar-refractivity contribution is 0.0546. The number of aromatic nitrogens is 5. The van der Waals surface area contributed by atoms with E-state index in [2.05, 4.69) is 19.9 Å². The van der Waals surface area contributed by atoms with Crippen LogP contribution < -0.4 is 4.90 Å². The SMILES string of the molecule is CC(c1cc2nc(N3CCN(Cc4ccc(F)cc4F)CC3)c(-c3cnn(C4CC4)c3)nc2cn1)C(C)(C)O. The fourth-order valence-corrected chi connectivity index (χ4v) is 4.99. The van der Waals surface area contributed by atoms with Crippen molar-refractivity contribution in [2.24, 2.45) is 0 Å². The number of rotatable bonds is 7. The van der Waals surface area contributed by atoms with Gasteiger partial charge in [-0.05, 0) is 38.8 Å². The molecule has 0 amide bonds. The van der Waals surface area contributed by atoms with Gasteiger partial charge in [-0.25, -0.2) is 18.7 Å². The minimum Gasteiger partial charge on any atom is -0.390 e. The fourth-order valence-electron chi connectivity index (χ4n) is 4.99. The number of anilines is 1. The molecule has 10 heteroatoms. The molecule has 2 fully saturated rings. The van der Waals surface area contributed by atoms with Gasteiger partial charge in [-0.3, -0.25) is 14.6 Å². The van der Waals surface area contributed by atoms with Crippen LogP contribution in [0.4, 0.5) is 14.6 Å². The van der Waals surface area contributed by atoms with Gasteiger partial charge in [-0.2, -0.15) is 5.10 Å². The lowest BCUT2D eigenvalue weighted by Crippen LogP contribution is -2.46. The van der Waals surface area contributed by atoms with Crippen molar-refractivity contribution in [3.8, 4) is 11.3 Å². The smallest absolute Gasteiger partial charge is 0.156 e. The van der Waals surface area contributed by atoms with Crippen LogP contribution in [-0.2, 0) is 6.54 Å². The van der Waals surface area contributed by atoms with Gasteiger partial charge in [-0.15, -0.1) is 0 Å². The Kier molecular flexibility index (Phi) is 6.55. The van der Waals surface area contributed by atoms with Crippen LogP contribution in [-0.4, -0.2) is 66.5 Å². The van der Waals surface area contributed by atoms with Gasteiger partial charge in [-0.1, -0.05) is 13.0 Å². The quantitative estimate of drug-likeness (QED) is 0.369. The van der Waals surface area contributed by atoms with Gasteiger partial charge in [0.1, 0.15) is 22.8 Å². The lowest BCUT2D eigenvalue weighted by Gasteiger charge is -2.36. The highest BCUT2D eigenvalue weighted by Gasteiger charge is 2.29. The second-order valence-corrected chi connectivity index (χ2v) is 11.3. The highest BCUT2D eigenvalue weighted by Crippen LogP contribution is 2.37. The monoisotopic (exact) mass is 533 g/mol. The van der Waals surface area contributed by atoms with E-state index in [0.29, 0.717) is 49.8 Å². The van der Waals surface area contributed by atoms with E-state index in [1.165, 1.54) is 12.1 Å². The van der Waals surface area contributed by atoms with E-state index in [1.54, 1.807) is 20.0 Å². The average molecular weight is 534 g/mol. The third-order valence-electron chi connectivity index (χ3n) is 7.93. The fraction of sp³-hybridized carbons (Fsp3) is 0.448. The Morgan fingerprint density at radius 1 is 1.03 bits per heavy atom. The summed E-state index contributed by atoms with van der Waals surface area (Å²) in [5.74, 6) is -0.487. The number of nitrogens with zero attached hydrogens (tertiary/aromatic N) is 7. The van der Waals surface area contributed by atoms with Crippen LogP contribution in [0.3, 0.4) is 0 Å². The standard InChI is InChI=1S/C29H33F2N7O/c1-18(29(2,3)39)24-13-25-26(15-32-24)34-27(20-14-33-38(17-20)22-6-7-22)28(35-25)37-10-8-36(9-11-37)16-19-4-5-21(30)12-23(19)31/h4-5,12-15,17-18,22,39H,6-11,16H2,1-3H3. The molecule has 1 aromatic carbocycles. The summed E-state index contributed by atoms with van der Waals surface area (Å²) < 4.78 is 29.6. The van der Waals surface area contributed by atoms with Gasteiger partial charge in [0.2, 0.25) is 0 Å². The first-order valence-electron chi connectivity index (χ1n) is 13.5. The average Bonchev–Trinajstić information content (AvgIpc) is 3.65. The molecule has 2 aliphatic rings. The Morgan fingerprint density at radius 2 is 1.79 bits per heavy atom. The normalized spacial score (nSPS) is 17.6. The van der Waals surface area contributed by atoms with Crippen molar-refractivity contribution in [1.82, 2.24) is 29.6 Å². The first-order valence-corrected chi connectivity index (χ1v) is 13.5. The maximum absolute atomic E-state index is 14.2. The summed E-state index contributed by atoms with van der Waals surface area (Å²) >= 11 is 0. The summed E-state index contributed by atoms with van der Waals surface area (Å²) in [7, 11) is 0. The third kappa shape index (κ3) is 5.35. The van der Waals surface area contributed by atoms with E-state index in [1.807, 2.05) is 30.1 Å². The van der Waals surface area contributed by atoms with E-state index < -0.39 is 17.2 Å². The van der Waals surface area contributed by atoms with Crippen LogP contribution in [0, 0.1) is 11.6 Å². The predicted molar refractivity (Wildman–Crippen MR) is 145 cm³/mol. The van der Waals surface area contributed by atoms with Gasteiger partial charge in [0.15, 0.2) is 5.82 Å². The van der Waals surface area contributed by atoms with E-state index in [0.717, 1.165) is 47.2 Å². The van der Waals surface area contributed by atoms with Gasteiger partial charge in [0, 0.05) is 67.7 Å². The second kappa shape index (κ2) is 9.91. The minimum absolute atomic E-state index is 0.181. The van der Waals surface area contributed by atoms with Gasteiger partial charge < -0.3 is 10.0 Å². The molecule has 1 saturated carbocycles. The van der Waals surface area contributed by atoms with Crippen LogP contribution in [0.25, 0.3) is 22.3 Å². The molecule has 6 rings (SSSR count). The van der Waals surface area contributed by atoms with Gasteiger partial charge in [0.25, 0.3) is 0 Å². The van der Waals surface area contributed by atoms with E-state index in [9.17, 15) is 13.9 Å². The molecule has 1 aliphatic carbocycles. The highest BCUT2D eigenvalue weighted by molar-refractivity contribution is 5.83. The number of benzene rings is 1. The third-order valence-corrected chi connectivity index (χ3v) is 7.93. The first-order chi connectivity index (χ1) is 18.7. The molecule has 8 nitrogen and oxygen atoms in total. The van der Waals surface area contributed by atoms with Crippen molar-refractivity contribution in [1.29, 1.82) is 0 Å². The van der Waals surface area contributed by atoms with Crippen LogP contribution in [0.15, 0.2) is 42.9 Å². The van der Waals surface area contributed by atoms with Crippen LogP contribution in [0.1, 0.15) is 56.8 Å². The number of fused-ring (bicyclic) bond motifs is 1. The molecule has 0 radical (unpaired) electrons. The molecule has 4 aromatic rings. The van der Waals surface area contributed by atoms with Crippen molar-refractivity contribution in [2.75, 3.05) is 31.1 Å². The maximum atomic E-state index is 14.2. The number of halogens is 2. The minimum atomic E-state index is -0.922. The van der Waals surface area contributed by atoms with Crippen LogP contribution in [0.2, 0.25) is 0 Å². The van der Waals surface area contributed by atoms with Crippen molar-refractivity contribution < 1.29 is 13.9 Å². The number of hydrogen-bond acceptors (Lipinski definition) is 7. The largest absolute Gasteiger partial charge is 0.390 e. The number of hydrogen-bond donors (Lipinski definition) is 1. The summed E-state index contributed by atoms with van der Waals surface area (Å²) in [6, 6.07) is 6.13. The molecule has 0 spiro atoms. The molecule has 3 aromatic heterocycles. The van der Waals surface area contributed by atoms with Gasteiger partial charge >= 0.3 is 0 Å². The Labute approximate surface area is 226 Å². The topological polar surface area (TPSA) is 83.2 Å². The van der Waals surface area contributed by atoms with Crippen molar-refractivity contribution in [3.05, 3.63) is 65.7 Å². The Hall–Kier alpha value is -3.50. The Morgan fingerprint density at radius 3 is 2.49 bits per heavy atom. The zero-order valence-corrected chi connectivity index (χ0v) is 22.5. The zero-order valence-electron chi connectivity index (χ0n) is 22.5. The second-order valence-electron chi connectivity index (χ2n) is 11.3. The van der Waals surface area contributed by atoms with Crippen molar-refractivity contribution in [3.63, 3.8) is 0 Å². The molecule has 1 aliphatic heterocycles. The molecular formula is C29H33F2N7O.